The second-order valence-corrected chi connectivity index (χ2v) is 5.11. The lowest BCUT2D eigenvalue weighted by Gasteiger charge is -2.17. The van der Waals surface area contributed by atoms with E-state index in [2.05, 4.69) is 18.4 Å². The highest BCUT2D eigenvalue weighted by Gasteiger charge is 2.18. The summed E-state index contributed by atoms with van der Waals surface area (Å²) in [6.07, 6.45) is 0.926. The zero-order valence-electron chi connectivity index (χ0n) is 10.9. The Hall–Kier alpha value is -1.43. The number of thiophene rings is 1. The Labute approximate surface area is 116 Å². The first-order valence-electron chi connectivity index (χ1n) is 6.07. The third-order valence-electron chi connectivity index (χ3n) is 3.10. The fraction of sp³-hybridized carbons (Fsp3) is 0.286. The molecule has 0 fully saturated rings. The fourth-order valence-electron chi connectivity index (χ4n) is 2.08. The zero-order chi connectivity index (χ0) is 13.8. The Kier molecular flexibility index (Phi) is 4.52. The first-order chi connectivity index (χ1) is 9.21. The number of nitrogens with one attached hydrogen (secondary N) is 1. The van der Waals surface area contributed by atoms with Crippen molar-refractivity contribution in [3.63, 3.8) is 0 Å². The molecular formula is C14H17FN2OS. The van der Waals surface area contributed by atoms with Crippen molar-refractivity contribution in [2.75, 3.05) is 7.11 Å². The molecule has 1 aromatic carbocycles. The van der Waals surface area contributed by atoms with Crippen LogP contribution in [0.5, 0.6) is 5.75 Å². The minimum Gasteiger partial charge on any atom is -0.494 e. The second kappa shape index (κ2) is 6.14. The Balaban J connectivity index is 2.40. The summed E-state index contributed by atoms with van der Waals surface area (Å²) in [6, 6.07) is 6.78. The van der Waals surface area contributed by atoms with Crippen LogP contribution in [0.4, 0.5) is 4.39 Å². The van der Waals surface area contributed by atoms with Crippen LogP contribution in [0.15, 0.2) is 29.6 Å². The average molecular weight is 280 g/mol. The van der Waals surface area contributed by atoms with Crippen molar-refractivity contribution in [2.24, 2.45) is 5.84 Å². The molecule has 19 heavy (non-hydrogen) atoms. The molecule has 2 aromatic rings. The van der Waals surface area contributed by atoms with Crippen LogP contribution >= 0.6 is 11.3 Å². The van der Waals surface area contributed by atoms with Crippen molar-refractivity contribution >= 4 is 11.3 Å². The van der Waals surface area contributed by atoms with Gasteiger partial charge in [0.05, 0.1) is 13.2 Å². The number of benzene rings is 1. The predicted molar refractivity (Wildman–Crippen MR) is 75.8 cm³/mol. The van der Waals surface area contributed by atoms with Gasteiger partial charge in [-0.2, -0.15) is 0 Å². The maximum absolute atomic E-state index is 13.8. The molecule has 0 aliphatic carbocycles. The summed E-state index contributed by atoms with van der Waals surface area (Å²) >= 11 is 1.62. The molecule has 3 N–H and O–H groups in total. The number of hydrazine groups is 1. The molecule has 0 saturated heterocycles. The van der Waals surface area contributed by atoms with Crippen LogP contribution in [0.25, 0.3) is 0 Å². The van der Waals surface area contributed by atoms with E-state index in [0.717, 1.165) is 16.9 Å². The summed E-state index contributed by atoms with van der Waals surface area (Å²) in [5.74, 6) is 5.50. The number of methoxy groups -OCH3 is 1. The van der Waals surface area contributed by atoms with Gasteiger partial charge in [-0.05, 0) is 41.1 Å². The third kappa shape index (κ3) is 2.78. The van der Waals surface area contributed by atoms with E-state index in [1.807, 2.05) is 11.4 Å². The van der Waals surface area contributed by atoms with E-state index in [0.29, 0.717) is 0 Å². The largest absolute Gasteiger partial charge is 0.494 e. The van der Waals surface area contributed by atoms with Crippen LogP contribution in [-0.2, 0) is 6.42 Å². The first kappa shape index (κ1) is 14.0. The second-order valence-electron chi connectivity index (χ2n) is 4.16. The standard InChI is InChI=1S/C14H17FN2OS/c1-3-9-6-7-19-14(9)13(17-16)10-4-5-12(18-2)11(15)8-10/h4-8,13,17H,3,16H2,1-2H3. The van der Waals surface area contributed by atoms with E-state index >= 15 is 0 Å². The zero-order valence-corrected chi connectivity index (χ0v) is 11.8. The smallest absolute Gasteiger partial charge is 0.165 e. The maximum atomic E-state index is 13.8. The van der Waals surface area contributed by atoms with Gasteiger partial charge in [0.15, 0.2) is 11.6 Å². The van der Waals surface area contributed by atoms with Crippen molar-refractivity contribution in [3.05, 3.63) is 51.5 Å². The van der Waals surface area contributed by atoms with E-state index in [1.54, 1.807) is 17.4 Å². The Morgan fingerprint density at radius 3 is 2.79 bits per heavy atom. The van der Waals surface area contributed by atoms with Crippen molar-refractivity contribution < 1.29 is 9.13 Å². The SMILES string of the molecule is CCc1ccsc1C(NN)c1ccc(OC)c(F)c1. The highest BCUT2D eigenvalue weighted by Crippen LogP contribution is 2.31. The van der Waals surface area contributed by atoms with Gasteiger partial charge in [0.1, 0.15) is 0 Å². The van der Waals surface area contributed by atoms with E-state index in [1.165, 1.54) is 18.7 Å². The lowest BCUT2D eigenvalue weighted by molar-refractivity contribution is 0.386. The topological polar surface area (TPSA) is 47.3 Å². The Morgan fingerprint density at radius 1 is 1.42 bits per heavy atom. The predicted octanol–water partition coefficient (Wildman–Crippen LogP) is 3.01. The Morgan fingerprint density at radius 2 is 2.21 bits per heavy atom. The van der Waals surface area contributed by atoms with Crippen molar-refractivity contribution in [2.45, 2.75) is 19.4 Å². The van der Waals surface area contributed by atoms with Gasteiger partial charge in [0.2, 0.25) is 0 Å². The van der Waals surface area contributed by atoms with Crippen molar-refractivity contribution in [1.29, 1.82) is 0 Å². The molecule has 1 heterocycles. The number of ether oxygens (including phenoxy) is 1. The summed E-state index contributed by atoms with van der Waals surface area (Å²) in [7, 11) is 1.45. The summed E-state index contributed by atoms with van der Waals surface area (Å²) in [6.45, 7) is 2.09. The maximum Gasteiger partial charge on any atom is 0.165 e. The molecule has 0 aliphatic heterocycles. The summed E-state index contributed by atoms with van der Waals surface area (Å²) < 4.78 is 18.7. The molecule has 1 unspecified atom stereocenters. The lowest BCUT2D eigenvalue weighted by Crippen LogP contribution is -2.28. The van der Waals surface area contributed by atoms with E-state index in [-0.39, 0.29) is 17.6 Å². The molecule has 0 spiro atoms. The van der Waals surface area contributed by atoms with E-state index < -0.39 is 0 Å². The van der Waals surface area contributed by atoms with Gasteiger partial charge in [0.25, 0.3) is 0 Å². The van der Waals surface area contributed by atoms with Crippen molar-refractivity contribution in [3.8, 4) is 5.75 Å². The molecular weight excluding hydrogens is 263 g/mol. The summed E-state index contributed by atoms with van der Waals surface area (Å²) in [4.78, 5) is 1.12. The van der Waals surface area contributed by atoms with Gasteiger partial charge < -0.3 is 4.74 Å². The first-order valence-corrected chi connectivity index (χ1v) is 6.95. The van der Waals surface area contributed by atoms with Crippen LogP contribution in [0.3, 0.4) is 0 Å². The van der Waals surface area contributed by atoms with Crippen LogP contribution in [0.1, 0.15) is 29.0 Å². The number of aryl methyl sites for hydroxylation is 1. The molecule has 1 aromatic heterocycles. The molecule has 5 heteroatoms. The number of halogens is 1. The van der Waals surface area contributed by atoms with Crippen LogP contribution in [0, 0.1) is 5.82 Å². The molecule has 2 rings (SSSR count). The number of nitrogens with two attached hydrogens (primary N) is 1. The van der Waals surface area contributed by atoms with E-state index in [9.17, 15) is 4.39 Å². The highest BCUT2D eigenvalue weighted by molar-refractivity contribution is 7.10. The van der Waals surface area contributed by atoms with Gasteiger partial charge in [-0.3, -0.25) is 5.84 Å². The van der Waals surface area contributed by atoms with Crippen LogP contribution < -0.4 is 16.0 Å². The Bertz CT molecular complexity index is 556. The minimum atomic E-state index is -0.380. The van der Waals surface area contributed by atoms with Crippen molar-refractivity contribution in [1.82, 2.24) is 5.43 Å². The average Bonchev–Trinajstić information content (AvgIpc) is 2.88. The van der Waals surface area contributed by atoms with Gasteiger partial charge in [-0.1, -0.05) is 13.0 Å². The highest BCUT2D eigenvalue weighted by atomic mass is 32.1. The molecule has 102 valence electrons. The number of hydrogen-bond donors (Lipinski definition) is 2. The normalized spacial score (nSPS) is 12.4. The number of rotatable bonds is 5. The fourth-order valence-corrected chi connectivity index (χ4v) is 3.16. The van der Waals surface area contributed by atoms with Gasteiger partial charge >= 0.3 is 0 Å². The molecule has 3 nitrogen and oxygen atoms in total. The van der Waals surface area contributed by atoms with Crippen LogP contribution in [-0.4, -0.2) is 7.11 Å². The molecule has 0 radical (unpaired) electrons. The molecule has 0 amide bonds. The molecule has 1 atom stereocenters. The molecule has 0 aliphatic rings. The lowest BCUT2D eigenvalue weighted by atomic mass is 10.0. The quantitative estimate of drug-likeness (QED) is 0.654. The third-order valence-corrected chi connectivity index (χ3v) is 4.12. The monoisotopic (exact) mass is 280 g/mol. The number of hydrogen-bond acceptors (Lipinski definition) is 4. The molecule has 0 bridgehead atoms. The van der Waals surface area contributed by atoms with Gasteiger partial charge in [-0.15, -0.1) is 11.3 Å². The minimum absolute atomic E-state index is 0.199. The van der Waals surface area contributed by atoms with Gasteiger partial charge in [-0.25, -0.2) is 9.82 Å². The van der Waals surface area contributed by atoms with E-state index in [4.69, 9.17) is 10.6 Å². The van der Waals surface area contributed by atoms with Gasteiger partial charge in [0, 0.05) is 4.88 Å². The van der Waals surface area contributed by atoms with Crippen LogP contribution in [0.2, 0.25) is 0 Å². The molecule has 0 saturated carbocycles. The summed E-state index contributed by atoms with van der Waals surface area (Å²) in [5, 5.41) is 2.03. The summed E-state index contributed by atoms with van der Waals surface area (Å²) in [5.41, 5.74) is 4.78.